The highest BCUT2D eigenvalue weighted by Crippen LogP contribution is 2.52. The van der Waals surface area contributed by atoms with Crippen molar-refractivity contribution in [3.63, 3.8) is 0 Å². The number of rotatable bonds is 6. The van der Waals surface area contributed by atoms with E-state index < -0.39 is 0 Å². The lowest BCUT2D eigenvalue weighted by Crippen LogP contribution is -2.11. The molecule has 4 nitrogen and oxygen atoms in total. The standard InChI is InChI=1S/C62H38N4/c1-5-21-41(22-6-1)63(42-23-7-2-8-24-42)56-36-40-20-13-15-29-45(40)57-50-34-18-32-48-52-37-54-51(38-55(52)66(59(48)50)62(56)57)47-31-17-33-49-53-35-39-19-14-16-30-46(39)60(61(53)65(54)58(47)49)64(43-25-9-3-10-26-43)44-27-11-4-12-28-44/h1-38H. The predicted octanol–water partition coefficient (Wildman–Crippen LogP) is 17.2. The lowest BCUT2D eigenvalue weighted by Gasteiger charge is -2.28. The van der Waals surface area contributed by atoms with Crippen LogP contribution in [0.15, 0.2) is 231 Å². The zero-order valence-corrected chi connectivity index (χ0v) is 35.7. The molecule has 0 atom stereocenters. The van der Waals surface area contributed by atoms with Gasteiger partial charge in [-0.2, -0.15) is 0 Å². The van der Waals surface area contributed by atoms with E-state index >= 15 is 0 Å². The number of hydrogen-bond acceptors (Lipinski definition) is 2. The second kappa shape index (κ2) is 13.3. The van der Waals surface area contributed by atoms with E-state index in [1.54, 1.807) is 0 Å². The van der Waals surface area contributed by atoms with Crippen LogP contribution in [0.4, 0.5) is 34.1 Å². The van der Waals surface area contributed by atoms with Gasteiger partial charge in [0.2, 0.25) is 0 Å². The monoisotopic (exact) mass is 838 g/mol. The Morgan fingerprint density at radius 1 is 0.258 bits per heavy atom. The topological polar surface area (TPSA) is 15.3 Å². The van der Waals surface area contributed by atoms with Gasteiger partial charge in [0, 0.05) is 71.2 Å². The highest BCUT2D eigenvalue weighted by molar-refractivity contribution is 6.34. The van der Waals surface area contributed by atoms with Crippen LogP contribution in [0, 0.1) is 0 Å². The van der Waals surface area contributed by atoms with Gasteiger partial charge in [-0.3, -0.25) is 0 Å². The average molecular weight is 839 g/mol. The van der Waals surface area contributed by atoms with E-state index in [9.17, 15) is 0 Å². The Bertz CT molecular complexity index is 4270. The van der Waals surface area contributed by atoms with E-state index in [4.69, 9.17) is 0 Å². The SMILES string of the molecule is c1ccc(N(c2ccccc2)c2c3ccccc3cc3c4cccc5c6cc7c(cc6n(c23)c54)c2cccc3c4c5ccccc5cc(N(c5ccccc5)c5ccccc5)c4n7c23)cc1. The Labute approximate surface area is 379 Å². The molecule has 15 aromatic rings. The van der Waals surface area contributed by atoms with Gasteiger partial charge in [0.15, 0.2) is 0 Å². The van der Waals surface area contributed by atoms with Crippen LogP contribution in [0.1, 0.15) is 0 Å². The van der Waals surface area contributed by atoms with E-state index in [0.29, 0.717) is 0 Å². The van der Waals surface area contributed by atoms with E-state index in [0.717, 1.165) is 28.4 Å². The first-order valence-electron chi connectivity index (χ1n) is 22.8. The third kappa shape index (κ3) is 4.72. The Hall–Kier alpha value is -8.86. The van der Waals surface area contributed by atoms with Crippen LogP contribution in [0.3, 0.4) is 0 Å². The summed E-state index contributed by atoms with van der Waals surface area (Å²) in [4.78, 5) is 4.91. The largest absolute Gasteiger partial charge is 0.308 e. The fraction of sp³-hybridized carbons (Fsp3) is 0. The molecule has 0 amide bonds. The molecule has 0 saturated heterocycles. The normalized spacial score (nSPS) is 12.2. The molecule has 0 fully saturated rings. The Morgan fingerprint density at radius 2 is 0.667 bits per heavy atom. The summed E-state index contributed by atoms with van der Waals surface area (Å²) in [5.74, 6) is 0. The van der Waals surface area contributed by atoms with Crippen molar-refractivity contribution in [3.05, 3.63) is 231 Å². The van der Waals surface area contributed by atoms with Gasteiger partial charge in [-0.25, -0.2) is 0 Å². The van der Waals surface area contributed by atoms with Gasteiger partial charge >= 0.3 is 0 Å². The summed E-state index contributed by atoms with van der Waals surface area (Å²) >= 11 is 0. The molecule has 4 aromatic heterocycles. The summed E-state index contributed by atoms with van der Waals surface area (Å²) < 4.78 is 5.18. The van der Waals surface area contributed by atoms with Crippen molar-refractivity contribution in [2.45, 2.75) is 0 Å². The van der Waals surface area contributed by atoms with Crippen LogP contribution >= 0.6 is 0 Å². The predicted molar refractivity (Wildman–Crippen MR) is 280 cm³/mol. The zero-order valence-electron chi connectivity index (χ0n) is 35.7. The Balaban J connectivity index is 1.13. The number of para-hydroxylation sites is 6. The molecule has 11 aromatic carbocycles. The van der Waals surface area contributed by atoms with Crippen LogP contribution in [0.2, 0.25) is 0 Å². The van der Waals surface area contributed by atoms with Gasteiger partial charge in [-0.15, -0.1) is 0 Å². The summed E-state index contributed by atoms with van der Waals surface area (Å²) in [5, 5.41) is 15.0. The van der Waals surface area contributed by atoms with Gasteiger partial charge in [-0.05, 0) is 89.0 Å². The van der Waals surface area contributed by atoms with E-state index in [2.05, 4.69) is 249 Å². The number of aromatic nitrogens is 2. The minimum absolute atomic E-state index is 1.12. The molecule has 0 aliphatic rings. The van der Waals surface area contributed by atoms with E-state index in [1.807, 2.05) is 0 Å². The van der Waals surface area contributed by atoms with Crippen molar-refractivity contribution in [2.75, 3.05) is 9.80 Å². The summed E-state index contributed by atoms with van der Waals surface area (Å²) in [6.45, 7) is 0. The molecule has 66 heavy (non-hydrogen) atoms. The Kier molecular flexibility index (Phi) is 7.19. The van der Waals surface area contributed by atoms with Crippen molar-refractivity contribution in [1.82, 2.24) is 8.80 Å². The molecule has 4 heteroatoms. The molecule has 0 saturated carbocycles. The minimum Gasteiger partial charge on any atom is -0.308 e. The summed E-state index contributed by atoms with van der Waals surface area (Å²) in [6.07, 6.45) is 0. The average Bonchev–Trinajstić information content (AvgIpc) is 4.11. The second-order valence-corrected chi connectivity index (χ2v) is 17.7. The highest BCUT2D eigenvalue weighted by atomic mass is 15.2. The van der Waals surface area contributed by atoms with Crippen molar-refractivity contribution >= 4 is 132 Å². The van der Waals surface area contributed by atoms with Gasteiger partial charge in [0.05, 0.1) is 44.5 Å². The minimum atomic E-state index is 1.12. The summed E-state index contributed by atoms with van der Waals surface area (Å²) in [6, 6.07) is 84.8. The van der Waals surface area contributed by atoms with Crippen molar-refractivity contribution in [2.24, 2.45) is 0 Å². The van der Waals surface area contributed by atoms with Crippen molar-refractivity contribution < 1.29 is 0 Å². The third-order valence-electron chi connectivity index (χ3n) is 14.2. The van der Waals surface area contributed by atoms with Crippen LogP contribution in [0.25, 0.3) is 97.7 Å². The van der Waals surface area contributed by atoms with Crippen molar-refractivity contribution in [1.29, 1.82) is 0 Å². The quantitative estimate of drug-likeness (QED) is 0.166. The van der Waals surface area contributed by atoms with E-state index in [-0.39, 0.29) is 0 Å². The molecule has 0 aliphatic heterocycles. The smallest absolute Gasteiger partial charge is 0.0789 e. The molecule has 306 valence electrons. The van der Waals surface area contributed by atoms with Gasteiger partial charge in [0.1, 0.15) is 0 Å². The lowest BCUT2D eigenvalue weighted by molar-refractivity contribution is 1.27. The second-order valence-electron chi connectivity index (χ2n) is 17.7. The fourth-order valence-corrected chi connectivity index (χ4v) is 11.6. The Morgan fingerprint density at radius 3 is 1.23 bits per heavy atom. The van der Waals surface area contributed by atoms with Gasteiger partial charge < -0.3 is 18.6 Å². The molecule has 0 N–H and O–H groups in total. The molecule has 0 bridgehead atoms. The first-order chi connectivity index (χ1) is 32.8. The molecule has 0 radical (unpaired) electrons. The van der Waals surface area contributed by atoms with Crippen LogP contribution < -0.4 is 9.80 Å². The zero-order chi connectivity index (χ0) is 43.0. The molecule has 15 rings (SSSR count). The number of benzene rings is 11. The number of fused-ring (bicyclic) bond motifs is 15. The van der Waals surface area contributed by atoms with E-state index in [1.165, 1.54) is 103 Å². The number of nitrogens with zero attached hydrogens (tertiary/aromatic N) is 4. The fourth-order valence-electron chi connectivity index (χ4n) is 11.6. The molecule has 0 unspecified atom stereocenters. The van der Waals surface area contributed by atoms with Gasteiger partial charge in [0.25, 0.3) is 0 Å². The third-order valence-corrected chi connectivity index (χ3v) is 14.2. The maximum Gasteiger partial charge on any atom is 0.0789 e. The van der Waals surface area contributed by atoms with Crippen LogP contribution in [-0.4, -0.2) is 8.80 Å². The summed E-state index contributed by atoms with van der Waals surface area (Å²) in [7, 11) is 0. The van der Waals surface area contributed by atoms with Crippen molar-refractivity contribution in [3.8, 4) is 0 Å². The highest BCUT2D eigenvalue weighted by Gasteiger charge is 2.29. The number of hydrogen-bond donors (Lipinski definition) is 0. The lowest BCUT2D eigenvalue weighted by atomic mass is 9.99. The molecule has 4 heterocycles. The number of anilines is 6. The molecule has 0 aliphatic carbocycles. The first-order valence-corrected chi connectivity index (χ1v) is 22.8. The molecule has 0 spiro atoms. The molecular weight excluding hydrogens is 801 g/mol. The van der Waals surface area contributed by atoms with Crippen LogP contribution in [0.5, 0.6) is 0 Å². The first kappa shape index (κ1) is 35.6. The van der Waals surface area contributed by atoms with Gasteiger partial charge in [-0.1, -0.05) is 158 Å². The molecular formula is C62H38N4. The summed E-state index contributed by atoms with van der Waals surface area (Å²) in [5.41, 5.74) is 14.1. The maximum absolute atomic E-state index is 2.59. The van der Waals surface area contributed by atoms with Crippen LogP contribution in [-0.2, 0) is 0 Å². The maximum atomic E-state index is 2.59.